The molecule has 3 aromatic rings. The van der Waals surface area contributed by atoms with E-state index in [1.807, 2.05) is 0 Å². The second kappa shape index (κ2) is 42.1. The monoisotopic (exact) mass is 1310 g/mol. The Balaban J connectivity index is 1.93. The minimum absolute atomic E-state index is 0.0337. The van der Waals surface area contributed by atoms with E-state index in [2.05, 4.69) is 68.5 Å². The van der Waals surface area contributed by atoms with Gasteiger partial charge in [0.05, 0.1) is 18.1 Å². The summed E-state index contributed by atoms with van der Waals surface area (Å²) < 4.78 is 0. The molecule has 31 heteroatoms. The van der Waals surface area contributed by atoms with Crippen molar-refractivity contribution in [3.8, 4) is 0 Å². The molecule has 2 aromatic carbocycles. The number of hydrogen-bond donors (Lipinski definition) is 20. The number of benzene rings is 2. The van der Waals surface area contributed by atoms with Gasteiger partial charge < -0.3 is 97.2 Å². The number of carboxylic acids is 1. The molecule has 0 fully saturated rings. The molecular weight excluding hydrogens is 1210 g/mol. The maximum absolute atomic E-state index is 14.8. The summed E-state index contributed by atoms with van der Waals surface area (Å²) in [5.74, 6) is -10.6. The molecular formula is C63H102N20O11. The first-order chi connectivity index (χ1) is 44.6. The van der Waals surface area contributed by atoms with E-state index >= 15 is 0 Å². The maximum atomic E-state index is 14.8. The van der Waals surface area contributed by atoms with Crippen LogP contribution in [0.2, 0.25) is 0 Å². The van der Waals surface area contributed by atoms with Gasteiger partial charge >= 0.3 is 5.97 Å². The number of unbranched alkanes of at least 4 members (excludes halogenated alkanes) is 2. The van der Waals surface area contributed by atoms with E-state index in [1.165, 1.54) is 12.5 Å². The van der Waals surface area contributed by atoms with E-state index in [0.717, 1.165) is 0 Å². The van der Waals surface area contributed by atoms with Crippen LogP contribution in [0.1, 0.15) is 123 Å². The van der Waals surface area contributed by atoms with Crippen LogP contribution in [0.4, 0.5) is 0 Å². The molecule has 0 aliphatic rings. The lowest BCUT2D eigenvalue weighted by Crippen LogP contribution is -2.62. The molecule has 94 heavy (non-hydrogen) atoms. The van der Waals surface area contributed by atoms with Crippen LogP contribution < -0.4 is 87.2 Å². The van der Waals surface area contributed by atoms with Crippen LogP contribution >= 0.6 is 0 Å². The summed E-state index contributed by atoms with van der Waals surface area (Å²) in [6.45, 7) is 11.0. The lowest BCUT2D eigenvalue weighted by atomic mass is 9.98. The van der Waals surface area contributed by atoms with Gasteiger partial charge in [-0.15, -0.1) is 0 Å². The van der Waals surface area contributed by atoms with E-state index in [9.17, 15) is 53.1 Å². The van der Waals surface area contributed by atoms with Gasteiger partial charge in [-0.3, -0.25) is 54.0 Å². The fraction of sp³-hybridized carbons (Fsp3) is 0.571. The number of carbonyl (C=O) groups is 10. The molecule has 0 spiro atoms. The van der Waals surface area contributed by atoms with Crippen molar-refractivity contribution in [2.45, 2.75) is 185 Å². The molecule has 31 nitrogen and oxygen atoms in total. The van der Waals surface area contributed by atoms with E-state index in [1.54, 1.807) is 102 Å². The number of nitrogens with one attached hydrogen (secondary N) is 14. The van der Waals surface area contributed by atoms with Crippen molar-refractivity contribution >= 4 is 71.1 Å². The number of aromatic nitrogens is 2. The number of nitrogens with zero attached hydrogens (tertiary/aromatic N) is 1. The first-order valence-corrected chi connectivity index (χ1v) is 32.0. The Morgan fingerprint density at radius 1 is 0.447 bits per heavy atom. The quantitative estimate of drug-likeness (QED) is 0.0165. The number of H-pyrrole nitrogens is 1. The Kier molecular flexibility index (Phi) is 35.4. The Hall–Kier alpha value is -9.23. The number of nitrogens with two attached hydrogens (primary N) is 5. The van der Waals surface area contributed by atoms with Crippen molar-refractivity contribution in [2.24, 2.45) is 46.4 Å². The highest BCUT2D eigenvalue weighted by Crippen LogP contribution is 2.15. The molecule has 0 aliphatic heterocycles. The van der Waals surface area contributed by atoms with Crippen molar-refractivity contribution in [1.29, 1.82) is 10.8 Å². The van der Waals surface area contributed by atoms with Gasteiger partial charge in [0.1, 0.15) is 54.4 Å². The van der Waals surface area contributed by atoms with Crippen molar-refractivity contribution in [1.82, 2.24) is 68.5 Å². The molecule has 1 heterocycles. The number of carbonyl (C=O) groups excluding carboxylic acids is 9. The Morgan fingerprint density at radius 3 is 1.20 bits per heavy atom. The molecule has 1 aromatic heterocycles. The van der Waals surface area contributed by atoms with Gasteiger partial charge in [0, 0.05) is 38.5 Å². The Bertz CT molecular complexity index is 2900. The SMILES string of the molecule is CC(C)[C@H](NC(=O)[C@H](Cc1c[nH]cn1)NC(=O)[C@H](Cc1ccccc1)NC(=O)[C@@H](NC(=O)[C@@H](NC(=O)[C@H](CCCNC(=N)N)NC(=O)[C@@H](N)CCCNC(=N)N)C(C)C)C(C)C)C(=O)N[C@@H](CCCCN)C(=O)N[C@@H](Cc1ccccc1)C(=O)N[C@@H](CCCCN)C(=O)O. The molecule has 0 radical (unpaired) electrons. The summed E-state index contributed by atoms with van der Waals surface area (Å²) in [5, 5.41) is 54.6. The molecule has 0 bridgehead atoms. The van der Waals surface area contributed by atoms with Gasteiger partial charge in [0.2, 0.25) is 53.2 Å². The van der Waals surface area contributed by atoms with Gasteiger partial charge in [-0.25, -0.2) is 9.78 Å². The highest BCUT2D eigenvalue weighted by atomic mass is 16.4. The molecule has 3 rings (SSSR count). The van der Waals surface area contributed by atoms with Gasteiger partial charge in [-0.2, -0.15) is 0 Å². The summed E-state index contributed by atoms with van der Waals surface area (Å²) in [7, 11) is 0. The van der Waals surface area contributed by atoms with Crippen LogP contribution in [0, 0.1) is 28.6 Å². The number of rotatable bonds is 44. The molecule has 10 atom stereocenters. The highest BCUT2D eigenvalue weighted by molar-refractivity contribution is 5.99. The largest absolute Gasteiger partial charge is 0.480 e. The van der Waals surface area contributed by atoms with Crippen LogP contribution in [-0.2, 0) is 67.2 Å². The topological polar surface area (TPSA) is 530 Å². The first kappa shape index (κ1) is 79.0. The Labute approximate surface area is 549 Å². The second-order valence-electron chi connectivity index (χ2n) is 24.2. The molecule has 520 valence electrons. The summed E-state index contributed by atoms with van der Waals surface area (Å²) in [6, 6.07) is 4.53. The number of carboxylic acid groups (broad SMARTS) is 1. The number of hydrogen-bond acceptors (Lipinski definition) is 16. The predicted molar refractivity (Wildman–Crippen MR) is 354 cm³/mol. The van der Waals surface area contributed by atoms with Gasteiger partial charge in [-0.05, 0) is 106 Å². The van der Waals surface area contributed by atoms with Crippen molar-refractivity contribution in [3.63, 3.8) is 0 Å². The highest BCUT2D eigenvalue weighted by Gasteiger charge is 2.38. The fourth-order valence-corrected chi connectivity index (χ4v) is 9.90. The third-order valence-electron chi connectivity index (χ3n) is 15.3. The summed E-state index contributed by atoms with van der Waals surface area (Å²) in [4.78, 5) is 148. The van der Waals surface area contributed by atoms with Crippen LogP contribution in [-0.4, -0.2) is 173 Å². The lowest BCUT2D eigenvalue weighted by Gasteiger charge is -2.30. The van der Waals surface area contributed by atoms with Gasteiger partial charge in [0.25, 0.3) is 0 Å². The van der Waals surface area contributed by atoms with Gasteiger partial charge in [-0.1, -0.05) is 102 Å². The summed E-state index contributed by atoms with van der Waals surface area (Å²) in [6.07, 6.45) is 5.28. The van der Waals surface area contributed by atoms with Gasteiger partial charge in [0.15, 0.2) is 11.9 Å². The molecule has 0 saturated carbocycles. The van der Waals surface area contributed by atoms with Crippen molar-refractivity contribution in [2.75, 3.05) is 26.2 Å². The zero-order valence-corrected chi connectivity index (χ0v) is 54.8. The van der Waals surface area contributed by atoms with E-state index in [4.69, 9.17) is 39.5 Å². The van der Waals surface area contributed by atoms with Crippen LogP contribution in [0.25, 0.3) is 0 Å². The predicted octanol–water partition coefficient (Wildman–Crippen LogP) is -2.03. The number of imidazole rings is 1. The zero-order valence-electron chi connectivity index (χ0n) is 54.8. The molecule has 0 unspecified atom stereocenters. The maximum Gasteiger partial charge on any atom is 0.326 e. The molecule has 25 N–H and O–H groups in total. The van der Waals surface area contributed by atoms with Crippen LogP contribution in [0.3, 0.4) is 0 Å². The minimum atomic E-state index is -1.45. The third-order valence-corrected chi connectivity index (χ3v) is 15.3. The van der Waals surface area contributed by atoms with E-state index in [-0.39, 0.29) is 82.9 Å². The normalized spacial score (nSPS) is 14.4. The smallest absolute Gasteiger partial charge is 0.326 e. The number of aliphatic carboxylic acids is 1. The van der Waals surface area contributed by atoms with Crippen LogP contribution in [0.15, 0.2) is 73.2 Å². The minimum Gasteiger partial charge on any atom is -0.480 e. The number of amides is 9. The Morgan fingerprint density at radius 2 is 0.787 bits per heavy atom. The molecule has 0 aliphatic carbocycles. The third kappa shape index (κ3) is 29.2. The van der Waals surface area contributed by atoms with E-state index < -0.39 is 137 Å². The zero-order chi connectivity index (χ0) is 69.9. The van der Waals surface area contributed by atoms with Crippen LogP contribution in [0.5, 0.6) is 0 Å². The van der Waals surface area contributed by atoms with Crippen molar-refractivity contribution < 1.29 is 53.1 Å². The van der Waals surface area contributed by atoms with Crippen molar-refractivity contribution in [3.05, 3.63) is 90.0 Å². The summed E-state index contributed by atoms with van der Waals surface area (Å²) in [5.41, 5.74) is 30.0. The first-order valence-electron chi connectivity index (χ1n) is 32.0. The number of guanidine groups is 2. The standard InChI is InChI=1S/C63H102N20O11/c1-36(2)49(58(90)76-43(24-13-15-27-64)53(85)78-46(31-39-19-9-7-10-20-39)55(87)77-45(61(93)94)25-14-16-28-65)82-57(89)48(33-41-34-71-35-74-41)79-56(88)47(32-40-21-11-8-12-22-40)80-59(91)50(37(3)4)83-60(92)51(38(5)6)81-54(86)44(26-18-30-73-63(69)70)75-52(84)42(66)23-17-29-72-62(67)68/h7-12,19-22,34-38,42-51H,13-18,23-33,64-66H2,1-6H3,(H,71,74)(H,75,84)(H,76,90)(H,77,87)(H,78,85)(H,79,88)(H,80,91)(H,81,86)(H,82,89)(H,83,92)(H,93,94)(H4,67,68,72)(H4,69,70,73)/t42-,43-,44-,45-,46-,47-,48-,49-,50-,51-/m0/s1. The molecule has 0 saturated heterocycles. The fourth-order valence-electron chi connectivity index (χ4n) is 9.90. The second-order valence-corrected chi connectivity index (χ2v) is 24.2. The lowest BCUT2D eigenvalue weighted by molar-refractivity contribution is -0.142. The van der Waals surface area contributed by atoms with E-state index in [0.29, 0.717) is 55.5 Å². The summed E-state index contributed by atoms with van der Waals surface area (Å²) >= 11 is 0. The average molecular weight is 1320 g/mol. The molecule has 9 amide bonds. The average Bonchev–Trinajstić information content (AvgIpc) is 1.29. The number of aromatic amines is 1.